The number of carbonyl (C=O) groups excluding carboxylic acids is 1. The Hall–Kier alpha value is -3.72. The van der Waals surface area contributed by atoms with Crippen molar-refractivity contribution in [3.8, 4) is 5.75 Å². The summed E-state index contributed by atoms with van der Waals surface area (Å²) in [6.07, 6.45) is -2.67. The maximum Gasteiger partial charge on any atom is 0.408 e. The molecule has 5 rings (SSSR count). The number of halogens is 4. The number of fused-ring (bicyclic) bond motifs is 3. The van der Waals surface area contributed by atoms with E-state index in [0.29, 0.717) is 21.6 Å². The third-order valence-corrected chi connectivity index (χ3v) is 9.65. The topological polar surface area (TPSA) is 103 Å². The van der Waals surface area contributed by atoms with Crippen LogP contribution in [0.1, 0.15) is 40.1 Å². The molecule has 2 aliphatic heterocycles. The van der Waals surface area contributed by atoms with Crippen LogP contribution >= 0.6 is 11.8 Å². The highest BCUT2D eigenvalue weighted by atomic mass is 32.2. The first-order valence-electron chi connectivity index (χ1n) is 12.2. The van der Waals surface area contributed by atoms with Crippen LogP contribution in [0.25, 0.3) is 0 Å². The number of amides is 1. The van der Waals surface area contributed by atoms with Crippen LogP contribution in [0.5, 0.6) is 5.75 Å². The second-order valence-electron chi connectivity index (χ2n) is 9.72. The minimum absolute atomic E-state index is 0.119. The summed E-state index contributed by atoms with van der Waals surface area (Å²) in [5.41, 5.74) is -0.108. The number of hydrogen-bond acceptors (Lipinski definition) is 7. The van der Waals surface area contributed by atoms with Gasteiger partial charge >= 0.3 is 6.18 Å². The fraction of sp³-hybridized carbons (Fsp3) is 0.308. The van der Waals surface area contributed by atoms with Crippen molar-refractivity contribution in [1.82, 2.24) is 9.58 Å². The molecule has 0 aliphatic carbocycles. The van der Waals surface area contributed by atoms with Crippen LogP contribution in [-0.2, 0) is 15.8 Å². The van der Waals surface area contributed by atoms with Crippen molar-refractivity contribution < 1.29 is 35.9 Å². The number of nitrogens with zero attached hydrogens (tertiary/aromatic N) is 4. The Morgan fingerprint density at radius 3 is 2.41 bits per heavy atom. The fourth-order valence-electron chi connectivity index (χ4n) is 5.04. The molecule has 2 aromatic carbocycles. The highest BCUT2D eigenvalue weighted by Crippen LogP contribution is 2.46. The molecule has 0 fully saturated rings. The van der Waals surface area contributed by atoms with Gasteiger partial charge in [-0.1, -0.05) is 24.3 Å². The summed E-state index contributed by atoms with van der Waals surface area (Å²) in [4.78, 5) is 26.3. The van der Waals surface area contributed by atoms with Crippen LogP contribution in [0.4, 0.5) is 23.2 Å². The van der Waals surface area contributed by atoms with Gasteiger partial charge < -0.3 is 10.0 Å². The van der Waals surface area contributed by atoms with Crippen molar-refractivity contribution in [2.24, 2.45) is 0 Å². The molecule has 3 heterocycles. The molecular weight excluding hydrogens is 588 g/mol. The lowest BCUT2D eigenvalue weighted by molar-refractivity contribution is -0.173. The predicted molar refractivity (Wildman–Crippen MR) is 145 cm³/mol. The van der Waals surface area contributed by atoms with Crippen LogP contribution in [-0.4, -0.2) is 61.2 Å². The zero-order chi connectivity index (χ0) is 30.0. The van der Waals surface area contributed by atoms with Crippen molar-refractivity contribution >= 4 is 33.4 Å². The second-order valence-corrected chi connectivity index (χ2v) is 12.7. The molecule has 15 heteroatoms. The maximum atomic E-state index is 15.3. The average Bonchev–Trinajstić information content (AvgIpc) is 3.06. The van der Waals surface area contributed by atoms with E-state index in [1.165, 1.54) is 24.2 Å². The van der Waals surface area contributed by atoms with E-state index in [-0.39, 0.29) is 16.3 Å². The smallest absolute Gasteiger partial charge is 0.408 e. The van der Waals surface area contributed by atoms with E-state index in [1.54, 1.807) is 24.3 Å². The van der Waals surface area contributed by atoms with Crippen LogP contribution in [0, 0.1) is 5.82 Å². The fourth-order valence-corrected chi connectivity index (χ4v) is 6.72. The minimum atomic E-state index is -4.85. The molecule has 0 radical (unpaired) electrons. The molecular formula is C26H24F4N4O5S2. The number of thioether (sulfide) groups is 1. The van der Waals surface area contributed by atoms with Gasteiger partial charge in [0.2, 0.25) is 15.5 Å². The number of hydrogen-bond donors (Lipinski definition) is 1. The van der Waals surface area contributed by atoms with E-state index in [9.17, 15) is 36.3 Å². The number of sulfonamides is 1. The van der Waals surface area contributed by atoms with Gasteiger partial charge in [0.1, 0.15) is 18.5 Å². The van der Waals surface area contributed by atoms with Crippen LogP contribution in [0.15, 0.2) is 58.4 Å². The van der Waals surface area contributed by atoms with Gasteiger partial charge in [-0.25, -0.2) is 12.8 Å². The van der Waals surface area contributed by atoms with Crippen molar-refractivity contribution in [3.63, 3.8) is 0 Å². The average molecular weight is 613 g/mol. The number of carbonyl (C=O) groups is 1. The third kappa shape index (κ3) is 4.80. The molecule has 41 heavy (non-hydrogen) atoms. The summed E-state index contributed by atoms with van der Waals surface area (Å²) in [5.74, 6) is -2.72. The molecule has 2 aliphatic rings. The Bertz CT molecular complexity index is 1730. The highest BCUT2D eigenvalue weighted by Gasteiger charge is 2.48. The van der Waals surface area contributed by atoms with Crippen LogP contribution in [0.2, 0.25) is 0 Å². The van der Waals surface area contributed by atoms with Gasteiger partial charge in [0, 0.05) is 30.0 Å². The second kappa shape index (κ2) is 9.98. The number of pyridine rings is 1. The summed E-state index contributed by atoms with van der Waals surface area (Å²) in [7, 11) is -2.38. The molecule has 0 saturated carbocycles. The molecule has 9 nitrogen and oxygen atoms in total. The SMILES string of the molecule is C[C@@H](N1CN([C@H]2c3cccc(N(C)S(C)(=O)=O)c3CSc3c(F)cccc32)n2ccc(=O)c(O)c2C1=O)C(F)(F)F. The van der Waals surface area contributed by atoms with Crippen LogP contribution in [0.3, 0.4) is 0 Å². The van der Waals surface area contributed by atoms with E-state index in [1.807, 2.05) is 0 Å². The number of aromatic nitrogens is 1. The number of anilines is 1. The molecule has 2 atom stereocenters. The first kappa shape index (κ1) is 28.8. The summed E-state index contributed by atoms with van der Waals surface area (Å²) in [5, 5.41) is 11.9. The Morgan fingerprint density at radius 2 is 1.76 bits per heavy atom. The van der Waals surface area contributed by atoms with E-state index < -0.39 is 63.5 Å². The van der Waals surface area contributed by atoms with Gasteiger partial charge in [-0.05, 0) is 35.7 Å². The van der Waals surface area contributed by atoms with E-state index in [2.05, 4.69) is 0 Å². The summed E-state index contributed by atoms with van der Waals surface area (Å²) < 4.78 is 84.1. The van der Waals surface area contributed by atoms with E-state index in [0.717, 1.165) is 46.2 Å². The molecule has 0 unspecified atom stereocenters. The number of benzene rings is 2. The van der Waals surface area contributed by atoms with Gasteiger partial charge in [0.05, 0.1) is 18.0 Å². The number of alkyl halides is 3. The molecule has 0 bridgehead atoms. The monoisotopic (exact) mass is 612 g/mol. The van der Waals surface area contributed by atoms with E-state index in [4.69, 9.17) is 0 Å². The van der Waals surface area contributed by atoms with E-state index >= 15 is 4.39 Å². The lowest BCUT2D eigenvalue weighted by Crippen LogP contribution is -2.60. The van der Waals surface area contributed by atoms with Crippen molar-refractivity contribution in [2.75, 3.05) is 29.3 Å². The van der Waals surface area contributed by atoms with Gasteiger partial charge in [0.25, 0.3) is 5.91 Å². The molecule has 0 spiro atoms. The number of aromatic hydroxyl groups is 1. The first-order chi connectivity index (χ1) is 19.1. The Balaban J connectivity index is 1.83. The minimum Gasteiger partial charge on any atom is -0.502 e. The summed E-state index contributed by atoms with van der Waals surface area (Å²) in [6.45, 7) is 0.124. The Morgan fingerprint density at radius 1 is 1.10 bits per heavy atom. The molecule has 0 saturated heterocycles. The first-order valence-corrected chi connectivity index (χ1v) is 15.0. The largest absolute Gasteiger partial charge is 0.502 e. The third-order valence-electron chi connectivity index (χ3n) is 7.30. The lowest BCUT2D eigenvalue weighted by atomic mass is 9.93. The van der Waals surface area contributed by atoms with Gasteiger partial charge in [-0.15, -0.1) is 11.8 Å². The Labute approximate surface area is 236 Å². The molecule has 1 amide bonds. The summed E-state index contributed by atoms with van der Waals surface area (Å²) >= 11 is 1.10. The van der Waals surface area contributed by atoms with Crippen molar-refractivity contribution in [1.29, 1.82) is 0 Å². The lowest BCUT2D eigenvalue weighted by Gasteiger charge is -2.46. The Kier molecular flexibility index (Phi) is 7.01. The normalized spacial score (nSPS) is 17.8. The summed E-state index contributed by atoms with van der Waals surface area (Å²) in [6, 6.07) is 6.64. The van der Waals surface area contributed by atoms with Crippen molar-refractivity contribution in [2.45, 2.75) is 35.8 Å². The standard InChI is InChI=1S/C26H24F4N4O5S2/c1-14(26(28,29)30)32-13-34(33-11-10-20(35)23(36)22(33)25(32)37)21-15-6-5-9-19(31(2)41(3,38)39)17(15)12-40-24-16(21)7-4-8-18(24)27/h4-11,14,21,36H,12-13H2,1-3H3/t14-,21+/m1/s1. The number of rotatable bonds is 4. The zero-order valence-corrected chi connectivity index (χ0v) is 23.5. The van der Waals surface area contributed by atoms with Gasteiger partial charge in [-0.3, -0.25) is 23.6 Å². The molecule has 218 valence electrons. The zero-order valence-electron chi connectivity index (χ0n) is 21.9. The quantitative estimate of drug-likeness (QED) is 0.448. The van der Waals surface area contributed by atoms with Crippen molar-refractivity contribution in [3.05, 3.63) is 87.1 Å². The van der Waals surface area contributed by atoms with Crippen LogP contribution < -0.4 is 14.7 Å². The predicted octanol–water partition coefficient (Wildman–Crippen LogP) is 3.79. The molecule has 1 N–H and O–H groups in total. The maximum absolute atomic E-state index is 15.3. The van der Waals surface area contributed by atoms with Gasteiger partial charge in [0.15, 0.2) is 11.4 Å². The molecule has 3 aromatic rings. The molecule has 1 aromatic heterocycles. The van der Waals surface area contributed by atoms with Gasteiger partial charge in [-0.2, -0.15) is 13.2 Å². The highest BCUT2D eigenvalue weighted by molar-refractivity contribution is 7.98.